The standard InChI is InChI=1S/C21H29N5O/c1-14-18(21(2,3)4)24-26(16-8-6-5-7-9-16)19(14)23-20(27)25-13-15-10-11-17(25)12-22-15/h5-9,15,17,22H,10-13H2,1-4H3,(H,23,27). The molecule has 2 bridgehead atoms. The molecule has 144 valence electrons. The zero-order valence-electron chi connectivity index (χ0n) is 16.6. The number of para-hydroxylation sites is 1. The zero-order chi connectivity index (χ0) is 19.2. The number of nitrogens with one attached hydrogen (secondary N) is 2. The third-order valence-corrected chi connectivity index (χ3v) is 5.67. The van der Waals surface area contributed by atoms with Crippen molar-refractivity contribution >= 4 is 11.8 Å². The van der Waals surface area contributed by atoms with Crippen LogP contribution >= 0.6 is 0 Å². The van der Waals surface area contributed by atoms with Gasteiger partial charge in [0.05, 0.1) is 11.4 Å². The predicted octanol–water partition coefficient (Wildman–Crippen LogP) is 3.45. The summed E-state index contributed by atoms with van der Waals surface area (Å²) in [6, 6.07) is 10.7. The summed E-state index contributed by atoms with van der Waals surface area (Å²) in [5, 5.41) is 11.6. The Kier molecular flexibility index (Phi) is 4.46. The molecule has 3 aliphatic rings. The maximum Gasteiger partial charge on any atom is 0.323 e. The van der Waals surface area contributed by atoms with E-state index in [0.717, 1.165) is 48.7 Å². The lowest BCUT2D eigenvalue weighted by Gasteiger charge is -2.45. The quantitative estimate of drug-likeness (QED) is 0.855. The molecule has 0 radical (unpaired) electrons. The number of hydrogen-bond donors (Lipinski definition) is 2. The van der Waals surface area contributed by atoms with E-state index in [0.29, 0.717) is 6.04 Å². The molecule has 1 aromatic heterocycles. The Balaban J connectivity index is 1.69. The molecule has 0 saturated carbocycles. The normalized spacial score (nSPS) is 22.1. The number of carbonyl (C=O) groups is 1. The highest BCUT2D eigenvalue weighted by Crippen LogP contribution is 2.32. The molecule has 3 saturated heterocycles. The van der Waals surface area contributed by atoms with Crippen molar-refractivity contribution in [2.45, 2.75) is 58.0 Å². The van der Waals surface area contributed by atoms with Gasteiger partial charge in [-0.3, -0.25) is 5.32 Å². The molecule has 2 atom stereocenters. The Morgan fingerprint density at radius 3 is 2.52 bits per heavy atom. The Labute approximate surface area is 160 Å². The Morgan fingerprint density at radius 1 is 1.22 bits per heavy atom. The minimum Gasteiger partial charge on any atom is -0.319 e. The van der Waals surface area contributed by atoms with Gasteiger partial charge in [0.2, 0.25) is 0 Å². The van der Waals surface area contributed by atoms with Crippen LogP contribution in [0.2, 0.25) is 0 Å². The van der Waals surface area contributed by atoms with Gasteiger partial charge < -0.3 is 10.2 Å². The van der Waals surface area contributed by atoms with E-state index in [1.54, 1.807) is 0 Å². The second kappa shape index (κ2) is 6.68. The smallest absolute Gasteiger partial charge is 0.319 e. The zero-order valence-corrected chi connectivity index (χ0v) is 16.6. The van der Waals surface area contributed by atoms with Crippen LogP contribution in [-0.2, 0) is 5.41 Å². The molecule has 5 rings (SSSR count). The van der Waals surface area contributed by atoms with Gasteiger partial charge in [-0.05, 0) is 31.9 Å². The van der Waals surface area contributed by atoms with Crippen molar-refractivity contribution in [2.24, 2.45) is 0 Å². The SMILES string of the molecule is Cc1c(C(C)(C)C)nn(-c2ccccc2)c1NC(=O)N1CC2CCC1CN2. The van der Waals surface area contributed by atoms with E-state index in [2.05, 4.69) is 31.4 Å². The predicted molar refractivity (Wildman–Crippen MR) is 108 cm³/mol. The minimum absolute atomic E-state index is 0.0214. The van der Waals surface area contributed by atoms with Crippen molar-refractivity contribution in [3.05, 3.63) is 41.6 Å². The van der Waals surface area contributed by atoms with E-state index >= 15 is 0 Å². The first kappa shape index (κ1) is 18.0. The molecule has 0 spiro atoms. The lowest BCUT2D eigenvalue weighted by molar-refractivity contribution is 0.106. The maximum absolute atomic E-state index is 13.1. The third kappa shape index (κ3) is 3.34. The first-order chi connectivity index (χ1) is 12.8. The number of nitrogens with zero attached hydrogens (tertiary/aromatic N) is 3. The molecule has 6 heteroatoms. The van der Waals surface area contributed by atoms with Crippen molar-refractivity contribution < 1.29 is 4.79 Å². The van der Waals surface area contributed by atoms with Gasteiger partial charge >= 0.3 is 6.03 Å². The largest absolute Gasteiger partial charge is 0.323 e. The fourth-order valence-corrected chi connectivity index (χ4v) is 4.24. The monoisotopic (exact) mass is 367 g/mol. The van der Waals surface area contributed by atoms with Crippen LogP contribution in [0.4, 0.5) is 10.6 Å². The summed E-state index contributed by atoms with van der Waals surface area (Å²) in [7, 11) is 0. The van der Waals surface area contributed by atoms with Gasteiger partial charge in [-0.1, -0.05) is 39.0 Å². The second-order valence-corrected chi connectivity index (χ2v) is 8.74. The van der Waals surface area contributed by atoms with Crippen LogP contribution in [0.15, 0.2) is 30.3 Å². The minimum atomic E-state index is -0.0995. The Bertz CT molecular complexity index is 828. The van der Waals surface area contributed by atoms with Gasteiger partial charge in [0, 0.05) is 36.2 Å². The first-order valence-corrected chi connectivity index (χ1v) is 9.81. The van der Waals surface area contributed by atoms with Gasteiger partial charge in [0.25, 0.3) is 0 Å². The number of piperidine rings is 2. The Morgan fingerprint density at radius 2 is 1.96 bits per heavy atom. The molecule has 3 aliphatic heterocycles. The van der Waals surface area contributed by atoms with Crippen LogP contribution < -0.4 is 10.6 Å². The van der Waals surface area contributed by atoms with Crippen molar-refractivity contribution in [1.29, 1.82) is 0 Å². The summed E-state index contributed by atoms with van der Waals surface area (Å²) in [6.45, 7) is 10.2. The molecule has 2 aromatic rings. The van der Waals surface area contributed by atoms with E-state index in [-0.39, 0.29) is 17.5 Å². The fraction of sp³-hybridized carbons (Fsp3) is 0.524. The van der Waals surface area contributed by atoms with Crippen LogP contribution in [-0.4, -0.2) is 45.9 Å². The highest BCUT2D eigenvalue weighted by Gasteiger charge is 2.37. The highest BCUT2D eigenvalue weighted by atomic mass is 16.2. The van der Waals surface area contributed by atoms with Gasteiger partial charge in [-0.2, -0.15) is 5.10 Å². The molecule has 2 unspecified atom stereocenters. The van der Waals surface area contributed by atoms with Crippen molar-refractivity contribution in [2.75, 3.05) is 18.4 Å². The number of anilines is 1. The third-order valence-electron chi connectivity index (χ3n) is 5.67. The van der Waals surface area contributed by atoms with Gasteiger partial charge in [-0.25, -0.2) is 9.48 Å². The average Bonchev–Trinajstić information content (AvgIpc) is 3.00. The molecular weight excluding hydrogens is 338 g/mol. The number of piperazine rings is 1. The first-order valence-electron chi connectivity index (χ1n) is 9.81. The van der Waals surface area contributed by atoms with Crippen molar-refractivity contribution in [1.82, 2.24) is 20.0 Å². The van der Waals surface area contributed by atoms with E-state index < -0.39 is 0 Å². The number of rotatable bonds is 2. The number of carbonyl (C=O) groups excluding carboxylic acids is 1. The fourth-order valence-electron chi connectivity index (χ4n) is 4.24. The van der Waals surface area contributed by atoms with E-state index in [1.165, 1.54) is 0 Å². The molecule has 2 N–H and O–H groups in total. The number of urea groups is 1. The molecule has 2 amide bonds. The number of amides is 2. The van der Waals surface area contributed by atoms with E-state index in [1.807, 2.05) is 46.8 Å². The van der Waals surface area contributed by atoms with Crippen LogP contribution in [0, 0.1) is 6.92 Å². The molecule has 3 fully saturated rings. The topological polar surface area (TPSA) is 62.2 Å². The van der Waals surface area contributed by atoms with Gasteiger partial charge in [0.1, 0.15) is 5.82 Å². The lowest BCUT2D eigenvalue weighted by atomic mass is 9.90. The number of fused-ring (bicyclic) bond motifs is 3. The average molecular weight is 367 g/mol. The molecule has 1 aromatic carbocycles. The highest BCUT2D eigenvalue weighted by molar-refractivity contribution is 5.90. The van der Waals surface area contributed by atoms with Gasteiger partial charge in [-0.15, -0.1) is 0 Å². The maximum atomic E-state index is 13.1. The van der Waals surface area contributed by atoms with Crippen molar-refractivity contribution in [3.8, 4) is 5.69 Å². The molecule has 27 heavy (non-hydrogen) atoms. The molecule has 0 aliphatic carbocycles. The number of benzene rings is 1. The summed E-state index contributed by atoms with van der Waals surface area (Å²) >= 11 is 0. The number of hydrogen-bond acceptors (Lipinski definition) is 3. The van der Waals surface area contributed by atoms with Crippen LogP contribution in [0.1, 0.15) is 44.9 Å². The second-order valence-electron chi connectivity index (χ2n) is 8.74. The Hall–Kier alpha value is -2.34. The van der Waals surface area contributed by atoms with Crippen LogP contribution in [0.3, 0.4) is 0 Å². The lowest BCUT2D eigenvalue weighted by Crippen LogP contribution is -2.63. The number of aromatic nitrogens is 2. The molecule has 6 nitrogen and oxygen atoms in total. The summed E-state index contributed by atoms with van der Waals surface area (Å²) in [6.07, 6.45) is 2.23. The van der Waals surface area contributed by atoms with Gasteiger partial charge in [0.15, 0.2) is 0 Å². The van der Waals surface area contributed by atoms with Crippen LogP contribution in [0.25, 0.3) is 5.69 Å². The molecule has 4 heterocycles. The molecular formula is C21H29N5O. The van der Waals surface area contributed by atoms with Crippen LogP contribution in [0.5, 0.6) is 0 Å². The summed E-state index contributed by atoms with van der Waals surface area (Å²) in [5.74, 6) is 0.769. The summed E-state index contributed by atoms with van der Waals surface area (Å²) in [4.78, 5) is 15.1. The van der Waals surface area contributed by atoms with E-state index in [9.17, 15) is 4.79 Å². The van der Waals surface area contributed by atoms with E-state index in [4.69, 9.17) is 5.10 Å². The summed E-state index contributed by atoms with van der Waals surface area (Å²) in [5.41, 5.74) is 2.88. The summed E-state index contributed by atoms with van der Waals surface area (Å²) < 4.78 is 1.87. The van der Waals surface area contributed by atoms with Crippen molar-refractivity contribution in [3.63, 3.8) is 0 Å².